The van der Waals surface area contributed by atoms with E-state index in [0.717, 1.165) is 23.1 Å². The lowest BCUT2D eigenvalue weighted by Crippen LogP contribution is -2.21. The third-order valence-corrected chi connectivity index (χ3v) is 4.07. The fourth-order valence-corrected chi connectivity index (χ4v) is 2.86. The molecule has 0 aliphatic heterocycles. The minimum Gasteiger partial charge on any atom is -0.366 e. The maximum Gasteiger partial charge on any atom is 0.159 e. The number of hydrazine groups is 1. The summed E-state index contributed by atoms with van der Waals surface area (Å²) >= 11 is 3.45. The van der Waals surface area contributed by atoms with Crippen molar-refractivity contribution in [3.63, 3.8) is 0 Å². The normalized spacial score (nSPS) is 14.2. The SMILES string of the molecule is NNc1ncnc(NC2Cc3ccccc3C2)c1Br. The minimum atomic E-state index is 0.356. The lowest BCUT2D eigenvalue weighted by molar-refractivity contribution is 0.767. The molecule has 0 amide bonds. The van der Waals surface area contributed by atoms with Gasteiger partial charge in [-0.3, -0.25) is 0 Å². The van der Waals surface area contributed by atoms with E-state index in [1.807, 2.05) is 0 Å². The van der Waals surface area contributed by atoms with Gasteiger partial charge < -0.3 is 10.7 Å². The Morgan fingerprint density at radius 1 is 1.11 bits per heavy atom. The van der Waals surface area contributed by atoms with E-state index < -0.39 is 0 Å². The van der Waals surface area contributed by atoms with Crippen molar-refractivity contribution in [2.24, 2.45) is 5.84 Å². The Bertz CT molecular complexity index is 576. The van der Waals surface area contributed by atoms with Gasteiger partial charge in [0.25, 0.3) is 0 Å². The molecule has 0 bridgehead atoms. The maximum atomic E-state index is 5.40. The largest absolute Gasteiger partial charge is 0.366 e. The Labute approximate surface area is 119 Å². The number of anilines is 2. The number of nitrogens with zero attached hydrogens (tertiary/aromatic N) is 2. The molecular weight excluding hydrogens is 306 g/mol. The molecule has 98 valence electrons. The van der Waals surface area contributed by atoms with Gasteiger partial charge in [-0.1, -0.05) is 24.3 Å². The van der Waals surface area contributed by atoms with Crippen LogP contribution in [0.1, 0.15) is 11.1 Å². The molecule has 1 aromatic heterocycles. The first-order chi connectivity index (χ1) is 9.28. The van der Waals surface area contributed by atoms with E-state index in [9.17, 15) is 0 Å². The number of fused-ring (bicyclic) bond motifs is 1. The van der Waals surface area contributed by atoms with Crippen molar-refractivity contribution < 1.29 is 0 Å². The van der Waals surface area contributed by atoms with Crippen LogP contribution < -0.4 is 16.6 Å². The number of rotatable bonds is 3. The molecule has 1 heterocycles. The highest BCUT2D eigenvalue weighted by molar-refractivity contribution is 9.10. The van der Waals surface area contributed by atoms with Gasteiger partial charge in [0.15, 0.2) is 5.82 Å². The van der Waals surface area contributed by atoms with E-state index in [4.69, 9.17) is 5.84 Å². The molecular formula is C13H14BrN5. The Balaban J connectivity index is 1.78. The van der Waals surface area contributed by atoms with E-state index in [1.165, 1.54) is 17.5 Å². The quantitative estimate of drug-likeness (QED) is 0.596. The molecule has 4 N–H and O–H groups in total. The predicted molar refractivity (Wildman–Crippen MR) is 78.8 cm³/mol. The molecule has 1 aliphatic carbocycles. The highest BCUT2D eigenvalue weighted by Crippen LogP contribution is 2.29. The average molecular weight is 320 g/mol. The van der Waals surface area contributed by atoms with Gasteiger partial charge in [-0.2, -0.15) is 0 Å². The minimum absolute atomic E-state index is 0.356. The number of nitrogens with two attached hydrogens (primary N) is 1. The van der Waals surface area contributed by atoms with Crippen LogP contribution in [0.5, 0.6) is 0 Å². The number of benzene rings is 1. The zero-order chi connectivity index (χ0) is 13.2. The smallest absolute Gasteiger partial charge is 0.159 e. The zero-order valence-electron chi connectivity index (χ0n) is 10.2. The van der Waals surface area contributed by atoms with Gasteiger partial charge in [-0.25, -0.2) is 15.8 Å². The molecule has 0 unspecified atom stereocenters. The standard InChI is InChI=1S/C13H14BrN5/c14-11-12(16-7-17-13(11)19-15)18-10-5-8-3-1-2-4-9(8)6-10/h1-4,7,10H,5-6,15H2,(H2,16,17,18,19). The summed E-state index contributed by atoms with van der Waals surface area (Å²) in [5.74, 6) is 6.74. The zero-order valence-corrected chi connectivity index (χ0v) is 11.8. The van der Waals surface area contributed by atoms with Crippen molar-refractivity contribution in [3.05, 3.63) is 46.2 Å². The summed E-state index contributed by atoms with van der Waals surface area (Å²) < 4.78 is 0.758. The first-order valence-electron chi connectivity index (χ1n) is 6.08. The Morgan fingerprint density at radius 3 is 2.37 bits per heavy atom. The van der Waals surface area contributed by atoms with Crippen LogP contribution in [0.3, 0.4) is 0 Å². The fraction of sp³-hybridized carbons (Fsp3) is 0.231. The second kappa shape index (κ2) is 5.14. The molecule has 5 nitrogen and oxygen atoms in total. The molecule has 0 saturated heterocycles. The van der Waals surface area contributed by atoms with E-state index >= 15 is 0 Å². The Kier molecular flexibility index (Phi) is 3.35. The van der Waals surface area contributed by atoms with Crippen LogP contribution in [0.15, 0.2) is 35.1 Å². The second-order valence-corrected chi connectivity index (χ2v) is 5.34. The van der Waals surface area contributed by atoms with Gasteiger partial charge in [0.1, 0.15) is 16.6 Å². The molecule has 1 aromatic carbocycles. The summed E-state index contributed by atoms with van der Waals surface area (Å²) in [5, 5.41) is 3.44. The summed E-state index contributed by atoms with van der Waals surface area (Å²) in [6.45, 7) is 0. The van der Waals surface area contributed by atoms with Crippen molar-refractivity contribution in [1.82, 2.24) is 9.97 Å². The second-order valence-electron chi connectivity index (χ2n) is 4.55. The van der Waals surface area contributed by atoms with Gasteiger partial charge in [0.05, 0.1) is 0 Å². The lowest BCUT2D eigenvalue weighted by atomic mass is 10.1. The fourth-order valence-electron chi connectivity index (χ4n) is 2.43. The summed E-state index contributed by atoms with van der Waals surface area (Å²) in [6, 6.07) is 8.88. The molecule has 0 atom stereocenters. The highest BCUT2D eigenvalue weighted by Gasteiger charge is 2.22. The molecule has 3 rings (SSSR count). The molecule has 0 spiro atoms. The van der Waals surface area contributed by atoms with Gasteiger partial charge in [0, 0.05) is 6.04 Å². The van der Waals surface area contributed by atoms with Crippen molar-refractivity contribution in [2.75, 3.05) is 10.7 Å². The topological polar surface area (TPSA) is 75.9 Å². The molecule has 0 saturated carbocycles. The van der Waals surface area contributed by atoms with Crippen LogP contribution in [0, 0.1) is 0 Å². The van der Waals surface area contributed by atoms with Crippen LogP contribution in [-0.2, 0) is 12.8 Å². The van der Waals surface area contributed by atoms with Crippen LogP contribution >= 0.6 is 15.9 Å². The number of halogens is 1. The first-order valence-corrected chi connectivity index (χ1v) is 6.87. The Morgan fingerprint density at radius 2 is 1.74 bits per heavy atom. The van der Waals surface area contributed by atoms with Crippen molar-refractivity contribution >= 4 is 27.6 Å². The Hall–Kier alpha value is -1.66. The van der Waals surface area contributed by atoms with E-state index in [1.54, 1.807) is 0 Å². The monoisotopic (exact) mass is 319 g/mol. The molecule has 6 heteroatoms. The van der Waals surface area contributed by atoms with Crippen LogP contribution in [0.2, 0.25) is 0 Å². The first kappa shape index (κ1) is 12.4. The summed E-state index contributed by atoms with van der Waals surface area (Å²) in [6.07, 6.45) is 3.51. The molecule has 19 heavy (non-hydrogen) atoms. The number of nitrogens with one attached hydrogen (secondary N) is 2. The lowest BCUT2D eigenvalue weighted by Gasteiger charge is -2.15. The van der Waals surface area contributed by atoms with E-state index in [2.05, 4.69) is 60.9 Å². The summed E-state index contributed by atoms with van der Waals surface area (Å²) in [5.41, 5.74) is 5.35. The number of nitrogen functional groups attached to an aromatic ring is 1. The van der Waals surface area contributed by atoms with Crippen LogP contribution in [0.25, 0.3) is 0 Å². The van der Waals surface area contributed by atoms with Gasteiger partial charge >= 0.3 is 0 Å². The van der Waals surface area contributed by atoms with E-state index in [0.29, 0.717) is 11.9 Å². The third-order valence-electron chi connectivity index (χ3n) is 3.32. The highest BCUT2D eigenvalue weighted by atomic mass is 79.9. The summed E-state index contributed by atoms with van der Waals surface area (Å²) in [7, 11) is 0. The van der Waals surface area contributed by atoms with Gasteiger partial charge in [-0.15, -0.1) is 0 Å². The van der Waals surface area contributed by atoms with Crippen LogP contribution in [-0.4, -0.2) is 16.0 Å². The predicted octanol–water partition coefficient (Wildman–Crippen LogP) is 2.10. The molecule has 0 fully saturated rings. The third kappa shape index (κ3) is 2.41. The number of hydrogen-bond donors (Lipinski definition) is 3. The average Bonchev–Trinajstić information content (AvgIpc) is 2.83. The van der Waals surface area contributed by atoms with Crippen molar-refractivity contribution in [1.29, 1.82) is 0 Å². The van der Waals surface area contributed by atoms with Crippen LogP contribution in [0.4, 0.5) is 11.6 Å². The molecule has 0 radical (unpaired) electrons. The van der Waals surface area contributed by atoms with Crippen molar-refractivity contribution in [3.8, 4) is 0 Å². The summed E-state index contributed by atoms with van der Waals surface area (Å²) in [4.78, 5) is 8.29. The molecule has 2 aromatic rings. The van der Waals surface area contributed by atoms with Crippen molar-refractivity contribution in [2.45, 2.75) is 18.9 Å². The van der Waals surface area contributed by atoms with Gasteiger partial charge in [0.2, 0.25) is 0 Å². The number of hydrogen-bond acceptors (Lipinski definition) is 5. The maximum absolute atomic E-state index is 5.40. The molecule has 1 aliphatic rings. The van der Waals surface area contributed by atoms with E-state index in [-0.39, 0.29) is 0 Å². The van der Waals surface area contributed by atoms with Gasteiger partial charge in [-0.05, 0) is 39.9 Å². The number of aromatic nitrogens is 2.